The van der Waals surface area contributed by atoms with Gasteiger partial charge >= 0.3 is 6.16 Å². The highest BCUT2D eigenvalue weighted by atomic mass is 32.2. The Morgan fingerprint density at radius 2 is 1.53 bits per heavy atom. The predicted octanol–water partition coefficient (Wildman–Crippen LogP) is 4.21. The van der Waals surface area contributed by atoms with Crippen molar-refractivity contribution in [2.24, 2.45) is 0 Å². The highest BCUT2D eigenvalue weighted by molar-refractivity contribution is 7.90. The molecule has 2 rings (SSSR count). The molecule has 0 bridgehead atoms. The molecule has 0 aliphatic heterocycles. The quantitative estimate of drug-likeness (QED) is 0.296. The number of carbonyl (C=O) groups is 3. The van der Waals surface area contributed by atoms with Crippen LogP contribution in [0, 0.1) is 0 Å². The average Bonchev–Trinajstić information content (AvgIpc) is 2.84. The number of ether oxygens (including phenoxy) is 2. The molecule has 2 aromatic rings. The second-order valence-corrected chi connectivity index (χ2v) is 9.81. The van der Waals surface area contributed by atoms with E-state index in [0.717, 1.165) is 44.7 Å². The molecule has 0 saturated heterocycles. The standard InChI is InChI=1S/C25H33N3O7S/c1-4-7-16-26-23(29)18-10-13-21(14-11-18)36(32,33)28-24(30)19-12-15-22(27-17-19)35-25(31)34-20(8-5-2)9-6-3/h10-15,17,20H,4-9,16H2,1-3H3,(H,26,29)(H,28,30). The second kappa shape index (κ2) is 14.2. The Labute approximate surface area is 211 Å². The lowest BCUT2D eigenvalue weighted by Gasteiger charge is -2.15. The van der Waals surface area contributed by atoms with Gasteiger partial charge in [0, 0.05) is 24.4 Å². The molecule has 11 heteroatoms. The summed E-state index contributed by atoms with van der Waals surface area (Å²) in [6.07, 6.45) is 4.90. The molecule has 0 aliphatic rings. The lowest BCUT2D eigenvalue weighted by Crippen LogP contribution is -2.30. The van der Waals surface area contributed by atoms with Crippen LogP contribution in [0.2, 0.25) is 0 Å². The number of benzene rings is 1. The molecular weight excluding hydrogens is 486 g/mol. The molecule has 0 fully saturated rings. The van der Waals surface area contributed by atoms with Crippen molar-refractivity contribution in [1.82, 2.24) is 15.0 Å². The van der Waals surface area contributed by atoms with E-state index in [1.807, 2.05) is 25.5 Å². The van der Waals surface area contributed by atoms with E-state index in [1.54, 1.807) is 0 Å². The summed E-state index contributed by atoms with van der Waals surface area (Å²) in [5, 5.41) is 2.74. The molecule has 36 heavy (non-hydrogen) atoms. The first kappa shape index (κ1) is 28.8. The molecule has 0 saturated carbocycles. The fourth-order valence-electron chi connectivity index (χ4n) is 3.23. The number of hydrogen-bond donors (Lipinski definition) is 2. The molecule has 2 amide bonds. The minimum Gasteiger partial charge on any atom is -0.431 e. The molecule has 0 spiro atoms. The van der Waals surface area contributed by atoms with Gasteiger partial charge in [-0.2, -0.15) is 0 Å². The van der Waals surface area contributed by atoms with E-state index in [2.05, 4.69) is 10.3 Å². The van der Waals surface area contributed by atoms with Crippen molar-refractivity contribution in [3.8, 4) is 5.88 Å². The van der Waals surface area contributed by atoms with Crippen molar-refractivity contribution in [2.45, 2.75) is 70.3 Å². The summed E-state index contributed by atoms with van der Waals surface area (Å²) in [5.74, 6) is -1.30. The number of amides is 2. The summed E-state index contributed by atoms with van der Waals surface area (Å²) < 4.78 is 37.5. The number of pyridine rings is 1. The Morgan fingerprint density at radius 1 is 0.889 bits per heavy atom. The normalized spacial score (nSPS) is 11.1. The number of aromatic nitrogens is 1. The third-order valence-electron chi connectivity index (χ3n) is 5.14. The first-order valence-electron chi connectivity index (χ1n) is 12.0. The zero-order valence-electron chi connectivity index (χ0n) is 20.8. The third kappa shape index (κ3) is 8.95. The maximum atomic E-state index is 12.6. The highest BCUT2D eigenvalue weighted by Gasteiger charge is 2.20. The number of carbonyl (C=O) groups excluding carboxylic acids is 3. The molecule has 0 atom stereocenters. The Hall–Kier alpha value is -3.47. The van der Waals surface area contributed by atoms with Crippen molar-refractivity contribution < 1.29 is 32.3 Å². The Kier molecular flexibility index (Phi) is 11.3. The molecule has 1 aromatic heterocycles. The number of nitrogens with one attached hydrogen (secondary N) is 2. The van der Waals surface area contributed by atoms with Crippen LogP contribution in [0.4, 0.5) is 4.79 Å². The summed E-state index contributed by atoms with van der Waals surface area (Å²) in [6.45, 7) is 6.52. The lowest BCUT2D eigenvalue weighted by atomic mass is 10.1. The van der Waals surface area contributed by atoms with Gasteiger partial charge in [-0.1, -0.05) is 40.0 Å². The van der Waals surface area contributed by atoms with Crippen LogP contribution in [-0.4, -0.2) is 44.0 Å². The largest absolute Gasteiger partial charge is 0.515 e. The summed E-state index contributed by atoms with van der Waals surface area (Å²) in [4.78, 5) is 40.2. The van der Waals surface area contributed by atoms with E-state index in [0.29, 0.717) is 12.1 Å². The van der Waals surface area contributed by atoms with Gasteiger partial charge in [0.15, 0.2) is 0 Å². The Morgan fingerprint density at radius 3 is 2.08 bits per heavy atom. The first-order chi connectivity index (χ1) is 17.2. The van der Waals surface area contributed by atoms with Gasteiger partial charge in [0.25, 0.3) is 21.8 Å². The van der Waals surface area contributed by atoms with Crippen LogP contribution in [-0.2, 0) is 14.8 Å². The number of unbranched alkanes of at least 4 members (excludes halogenated alkanes) is 1. The van der Waals surface area contributed by atoms with Crippen LogP contribution in [0.1, 0.15) is 80.0 Å². The van der Waals surface area contributed by atoms with Crippen LogP contribution < -0.4 is 14.8 Å². The number of hydrogen-bond acceptors (Lipinski definition) is 8. The summed E-state index contributed by atoms with van der Waals surface area (Å²) in [6, 6.07) is 7.78. The minimum absolute atomic E-state index is 0.0546. The smallest absolute Gasteiger partial charge is 0.431 e. The van der Waals surface area contributed by atoms with Gasteiger partial charge < -0.3 is 14.8 Å². The van der Waals surface area contributed by atoms with E-state index in [4.69, 9.17) is 9.47 Å². The fraction of sp³-hybridized carbons (Fsp3) is 0.440. The van der Waals surface area contributed by atoms with Crippen molar-refractivity contribution in [1.29, 1.82) is 0 Å². The second-order valence-electron chi connectivity index (χ2n) is 8.12. The SMILES string of the molecule is CCCCNC(=O)c1ccc(S(=O)(=O)NC(=O)c2ccc(OC(=O)OC(CCC)CCC)nc2)cc1. The zero-order chi connectivity index (χ0) is 26.6. The minimum atomic E-state index is -4.19. The molecule has 196 valence electrons. The average molecular weight is 520 g/mol. The highest BCUT2D eigenvalue weighted by Crippen LogP contribution is 2.15. The van der Waals surface area contributed by atoms with E-state index in [9.17, 15) is 22.8 Å². The van der Waals surface area contributed by atoms with Crippen LogP contribution in [0.25, 0.3) is 0 Å². The number of nitrogens with zero attached hydrogens (tertiary/aromatic N) is 1. The predicted molar refractivity (Wildman–Crippen MR) is 133 cm³/mol. The van der Waals surface area contributed by atoms with E-state index >= 15 is 0 Å². The Bertz CT molecular complexity index is 1110. The molecular formula is C25H33N3O7S. The van der Waals surface area contributed by atoms with Crippen LogP contribution in [0.15, 0.2) is 47.5 Å². The fourth-order valence-corrected chi connectivity index (χ4v) is 4.21. The van der Waals surface area contributed by atoms with E-state index in [1.165, 1.54) is 36.4 Å². The Balaban J connectivity index is 1.97. The van der Waals surface area contributed by atoms with E-state index < -0.39 is 22.1 Å². The van der Waals surface area contributed by atoms with Gasteiger partial charge in [-0.05, 0) is 49.6 Å². The number of sulfonamides is 1. The summed E-state index contributed by atoms with van der Waals surface area (Å²) >= 11 is 0. The third-order valence-corrected chi connectivity index (χ3v) is 6.49. The molecule has 10 nitrogen and oxygen atoms in total. The topological polar surface area (TPSA) is 141 Å². The molecule has 0 aliphatic carbocycles. The lowest BCUT2D eigenvalue weighted by molar-refractivity contribution is 0.0490. The molecule has 1 heterocycles. The monoisotopic (exact) mass is 519 g/mol. The van der Waals surface area contributed by atoms with Crippen molar-refractivity contribution >= 4 is 28.0 Å². The molecule has 0 radical (unpaired) electrons. The van der Waals surface area contributed by atoms with Crippen LogP contribution >= 0.6 is 0 Å². The molecule has 2 N–H and O–H groups in total. The summed E-state index contributed by atoms with van der Waals surface area (Å²) in [7, 11) is -4.19. The van der Waals surface area contributed by atoms with Gasteiger partial charge in [0.05, 0.1) is 10.5 Å². The zero-order valence-corrected chi connectivity index (χ0v) is 21.6. The van der Waals surface area contributed by atoms with Crippen molar-refractivity contribution in [2.75, 3.05) is 6.54 Å². The van der Waals surface area contributed by atoms with Crippen LogP contribution in [0.3, 0.4) is 0 Å². The van der Waals surface area contributed by atoms with Gasteiger partial charge in [-0.15, -0.1) is 0 Å². The van der Waals surface area contributed by atoms with Crippen molar-refractivity contribution in [3.63, 3.8) is 0 Å². The molecule has 0 unspecified atom stereocenters. The van der Waals surface area contributed by atoms with E-state index in [-0.39, 0.29) is 28.4 Å². The van der Waals surface area contributed by atoms with Gasteiger partial charge in [-0.25, -0.2) is 22.9 Å². The van der Waals surface area contributed by atoms with Gasteiger partial charge in [0.2, 0.25) is 5.88 Å². The number of rotatable bonds is 13. The van der Waals surface area contributed by atoms with Crippen LogP contribution in [0.5, 0.6) is 5.88 Å². The molecule has 1 aromatic carbocycles. The van der Waals surface area contributed by atoms with Gasteiger partial charge in [-0.3, -0.25) is 9.59 Å². The first-order valence-corrected chi connectivity index (χ1v) is 13.5. The summed E-state index contributed by atoms with van der Waals surface area (Å²) in [5.41, 5.74) is 0.256. The van der Waals surface area contributed by atoms with Gasteiger partial charge in [0.1, 0.15) is 6.10 Å². The van der Waals surface area contributed by atoms with Crippen molar-refractivity contribution in [3.05, 3.63) is 53.7 Å². The maximum Gasteiger partial charge on any atom is 0.515 e. The maximum absolute atomic E-state index is 12.6.